The number of carbonyl (C=O) groups is 1. The summed E-state index contributed by atoms with van der Waals surface area (Å²) in [6.45, 7) is 4.96. The van der Waals surface area contributed by atoms with Crippen molar-refractivity contribution in [1.29, 1.82) is 0 Å². The maximum atomic E-state index is 14.3. The van der Waals surface area contributed by atoms with E-state index in [9.17, 15) is 14.0 Å². The van der Waals surface area contributed by atoms with Crippen molar-refractivity contribution < 1.29 is 18.3 Å². The summed E-state index contributed by atoms with van der Waals surface area (Å²) in [5.41, 5.74) is 3.49. The van der Waals surface area contributed by atoms with Crippen molar-refractivity contribution in [2.75, 3.05) is 50.1 Å². The van der Waals surface area contributed by atoms with Crippen LogP contribution in [0.2, 0.25) is 0 Å². The number of hydrogen-bond acceptors (Lipinski definition) is 6. The lowest BCUT2D eigenvalue weighted by atomic mass is 10.0. The Kier molecular flexibility index (Phi) is 6.23. The van der Waals surface area contributed by atoms with Crippen LogP contribution < -0.4 is 15.2 Å². The van der Waals surface area contributed by atoms with Crippen molar-refractivity contribution in [2.45, 2.75) is 32.4 Å². The standard InChI is InChI=1S/C27H30FN3O4/c1-17-15-31(9-10-34-17)26-14-24(32)21-12-18(13-25(33)29(2)3)11-19(27(21)35-26)16-30-8-7-20-22(28)5-4-6-23(20)30/h4-6,11-12,14,17H,7-10,13,15-16H2,1-3H3/t17-/m1/s1. The molecule has 0 bridgehead atoms. The van der Waals surface area contributed by atoms with E-state index in [1.807, 2.05) is 24.0 Å². The molecule has 1 atom stereocenters. The third-order valence-electron chi connectivity index (χ3n) is 6.79. The highest BCUT2D eigenvalue weighted by molar-refractivity contribution is 5.85. The Bertz CT molecular complexity index is 1340. The van der Waals surface area contributed by atoms with Crippen molar-refractivity contribution in [1.82, 2.24) is 4.90 Å². The zero-order chi connectivity index (χ0) is 24.7. The van der Waals surface area contributed by atoms with E-state index in [1.54, 1.807) is 26.2 Å². The molecule has 5 rings (SSSR count). The molecule has 0 spiro atoms. The topological polar surface area (TPSA) is 66.2 Å². The van der Waals surface area contributed by atoms with Crippen molar-refractivity contribution >= 4 is 28.4 Å². The van der Waals surface area contributed by atoms with Gasteiger partial charge in [-0.25, -0.2) is 4.39 Å². The van der Waals surface area contributed by atoms with Crippen LogP contribution in [0.1, 0.15) is 23.6 Å². The lowest BCUT2D eigenvalue weighted by molar-refractivity contribution is -0.127. The molecule has 7 nitrogen and oxygen atoms in total. The number of rotatable bonds is 5. The molecule has 1 fully saturated rings. The largest absolute Gasteiger partial charge is 0.440 e. The van der Waals surface area contributed by atoms with Crippen LogP contribution in [0.4, 0.5) is 16.0 Å². The third kappa shape index (κ3) is 4.62. The van der Waals surface area contributed by atoms with Gasteiger partial charge in [0.1, 0.15) is 11.4 Å². The molecule has 1 aromatic heterocycles. The van der Waals surface area contributed by atoms with Crippen molar-refractivity contribution in [2.24, 2.45) is 0 Å². The van der Waals surface area contributed by atoms with Crippen LogP contribution in [0, 0.1) is 5.82 Å². The number of benzene rings is 2. The van der Waals surface area contributed by atoms with E-state index in [4.69, 9.17) is 9.15 Å². The van der Waals surface area contributed by atoms with Crippen molar-refractivity contribution in [3.8, 4) is 0 Å². The first kappa shape index (κ1) is 23.4. The fraction of sp³-hybridized carbons (Fsp3) is 0.407. The van der Waals surface area contributed by atoms with Crippen LogP contribution in [0.25, 0.3) is 11.0 Å². The van der Waals surface area contributed by atoms with Gasteiger partial charge in [0.15, 0.2) is 11.3 Å². The Balaban J connectivity index is 1.59. The number of anilines is 2. The van der Waals surface area contributed by atoms with Gasteiger partial charge in [0, 0.05) is 63.2 Å². The first-order valence-electron chi connectivity index (χ1n) is 12.0. The van der Waals surface area contributed by atoms with E-state index in [2.05, 4.69) is 4.90 Å². The van der Waals surface area contributed by atoms with Gasteiger partial charge in [-0.2, -0.15) is 0 Å². The zero-order valence-electron chi connectivity index (χ0n) is 20.3. The van der Waals surface area contributed by atoms with Gasteiger partial charge in [-0.1, -0.05) is 6.07 Å². The fourth-order valence-electron chi connectivity index (χ4n) is 4.94. The molecule has 0 radical (unpaired) electrons. The third-order valence-corrected chi connectivity index (χ3v) is 6.79. The normalized spacial score (nSPS) is 17.7. The maximum Gasteiger partial charge on any atom is 0.226 e. The molecule has 0 N–H and O–H groups in total. The van der Waals surface area contributed by atoms with Gasteiger partial charge in [0.25, 0.3) is 0 Å². The van der Waals surface area contributed by atoms with Crippen LogP contribution in [0.15, 0.2) is 45.6 Å². The molecule has 3 heterocycles. The van der Waals surface area contributed by atoms with E-state index in [-0.39, 0.29) is 29.7 Å². The first-order chi connectivity index (χ1) is 16.8. The van der Waals surface area contributed by atoms with E-state index in [0.29, 0.717) is 61.6 Å². The molecule has 8 heteroatoms. The number of nitrogens with zero attached hydrogens (tertiary/aromatic N) is 3. The number of fused-ring (bicyclic) bond motifs is 2. The molecule has 1 amide bonds. The monoisotopic (exact) mass is 479 g/mol. The summed E-state index contributed by atoms with van der Waals surface area (Å²) in [4.78, 5) is 31.4. The second-order valence-electron chi connectivity index (χ2n) is 9.58. The molecule has 3 aromatic rings. The van der Waals surface area contributed by atoms with E-state index in [0.717, 1.165) is 16.8 Å². The number of carbonyl (C=O) groups excluding carboxylic acids is 1. The fourth-order valence-corrected chi connectivity index (χ4v) is 4.94. The van der Waals surface area contributed by atoms with Crippen LogP contribution in [-0.4, -0.2) is 57.2 Å². The summed E-state index contributed by atoms with van der Waals surface area (Å²) in [5.74, 6) is 0.270. The van der Waals surface area contributed by atoms with Crippen LogP contribution in [0.3, 0.4) is 0 Å². The highest BCUT2D eigenvalue weighted by Crippen LogP contribution is 2.33. The molecule has 0 unspecified atom stereocenters. The van der Waals surface area contributed by atoms with Gasteiger partial charge in [0.05, 0.1) is 24.5 Å². The summed E-state index contributed by atoms with van der Waals surface area (Å²) in [6, 6.07) is 10.4. The quantitative estimate of drug-likeness (QED) is 0.559. The Labute approximate surface area is 203 Å². The molecule has 184 valence electrons. The molecule has 1 saturated heterocycles. The SMILES string of the molecule is C[C@@H]1CN(c2cc(=O)c3cc(CC(=O)N(C)C)cc(CN4CCc5c(F)cccc54)c3o2)CCO1. The van der Waals surface area contributed by atoms with Crippen molar-refractivity contribution in [3.05, 3.63) is 69.1 Å². The zero-order valence-corrected chi connectivity index (χ0v) is 20.3. The van der Waals surface area contributed by atoms with Gasteiger partial charge in [-0.15, -0.1) is 0 Å². The second-order valence-corrected chi connectivity index (χ2v) is 9.58. The summed E-state index contributed by atoms with van der Waals surface area (Å²) in [5, 5.41) is 0.452. The van der Waals surface area contributed by atoms with Gasteiger partial charge < -0.3 is 23.9 Å². The molecule has 2 aliphatic rings. The number of amides is 1. The Hall–Kier alpha value is -3.39. The highest BCUT2D eigenvalue weighted by atomic mass is 19.1. The van der Waals surface area contributed by atoms with Gasteiger partial charge in [-0.05, 0) is 43.2 Å². The minimum Gasteiger partial charge on any atom is -0.440 e. The highest BCUT2D eigenvalue weighted by Gasteiger charge is 2.25. The Morgan fingerprint density at radius 3 is 2.80 bits per heavy atom. The average Bonchev–Trinajstić information content (AvgIpc) is 3.23. The maximum absolute atomic E-state index is 14.3. The minimum absolute atomic E-state index is 0.0413. The van der Waals surface area contributed by atoms with Crippen molar-refractivity contribution in [3.63, 3.8) is 0 Å². The van der Waals surface area contributed by atoms with E-state index >= 15 is 0 Å². The number of halogens is 1. The van der Waals surface area contributed by atoms with Gasteiger partial charge in [-0.3, -0.25) is 9.59 Å². The average molecular weight is 480 g/mol. The lowest BCUT2D eigenvalue weighted by Crippen LogP contribution is -2.41. The molecular weight excluding hydrogens is 449 g/mol. The second kappa shape index (κ2) is 9.34. The van der Waals surface area contributed by atoms with Crippen LogP contribution >= 0.6 is 0 Å². The molecule has 0 saturated carbocycles. The first-order valence-corrected chi connectivity index (χ1v) is 12.0. The number of morpholine rings is 1. The number of hydrogen-bond donors (Lipinski definition) is 0. The number of ether oxygens (including phenoxy) is 1. The van der Waals surface area contributed by atoms with Gasteiger partial charge >= 0.3 is 0 Å². The predicted octanol–water partition coefficient (Wildman–Crippen LogP) is 3.35. The van der Waals surface area contributed by atoms with E-state index < -0.39 is 0 Å². The summed E-state index contributed by atoms with van der Waals surface area (Å²) in [6.07, 6.45) is 0.850. The molecule has 35 heavy (non-hydrogen) atoms. The van der Waals surface area contributed by atoms with E-state index in [1.165, 1.54) is 17.0 Å². The van der Waals surface area contributed by atoms with Crippen LogP contribution in [-0.2, 0) is 28.9 Å². The Morgan fingerprint density at radius 1 is 1.20 bits per heavy atom. The number of likely N-dealkylation sites (N-methyl/N-ethyl adjacent to an activating group) is 1. The predicted molar refractivity (Wildman–Crippen MR) is 134 cm³/mol. The Morgan fingerprint density at radius 2 is 2.03 bits per heavy atom. The summed E-state index contributed by atoms with van der Waals surface area (Å²) in [7, 11) is 3.42. The summed E-state index contributed by atoms with van der Waals surface area (Å²) >= 11 is 0. The smallest absolute Gasteiger partial charge is 0.226 e. The lowest BCUT2D eigenvalue weighted by Gasteiger charge is -2.31. The molecule has 2 aliphatic heterocycles. The molecule has 0 aliphatic carbocycles. The molecular formula is C27H30FN3O4. The minimum atomic E-state index is -0.199. The summed E-state index contributed by atoms with van der Waals surface area (Å²) < 4.78 is 26.3. The van der Waals surface area contributed by atoms with Gasteiger partial charge in [0.2, 0.25) is 5.91 Å². The van der Waals surface area contributed by atoms with Crippen LogP contribution in [0.5, 0.6) is 0 Å². The molecule has 2 aromatic carbocycles.